The third kappa shape index (κ3) is 7.75. The Morgan fingerprint density at radius 2 is 1.66 bits per heavy atom. The zero-order valence-corrected chi connectivity index (χ0v) is 18.2. The van der Waals surface area contributed by atoms with E-state index < -0.39 is 0 Å². The molecule has 2 aliphatic heterocycles. The Kier molecular flexibility index (Phi) is 10.3. The van der Waals surface area contributed by atoms with Crippen molar-refractivity contribution in [3.8, 4) is 0 Å². The Labute approximate surface area is 186 Å². The maximum absolute atomic E-state index is 12.8. The number of carboxylic acid groups (broad SMARTS) is 2. The first-order valence-corrected chi connectivity index (χ1v) is 10.3. The van der Waals surface area contributed by atoms with Gasteiger partial charge < -0.3 is 15.1 Å². The molecular formula is C21H30N6O5. The topological polar surface area (TPSA) is 143 Å². The summed E-state index contributed by atoms with van der Waals surface area (Å²) in [5.74, 6) is 1.92. The number of H-pyrrole nitrogens is 1. The molecule has 1 aromatic carbocycles. The van der Waals surface area contributed by atoms with E-state index in [1.54, 1.807) is 0 Å². The second-order valence-electron chi connectivity index (χ2n) is 7.47. The number of rotatable bonds is 4. The molecule has 3 N–H and O–H groups in total. The van der Waals surface area contributed by atoms with Crippen LogP contribution in [0.25, 0.3) is 0 Å². The molecular weight excluding hydrogens is 416 g/mol. The van der Waals surface area contributed by atoms with Crippen LogP contribution in [0.2, 0.25) is 0 Å². The van der Waals surface area contributed by atoms with Crippen LogP contribution >= 0.6 is 0 Å². The molecule has 4 rings (SSSR count). The minimum Gasteiger partial charge on any atom is -0.483 e. The quantitative estimate of drug-likeness (QED) is 0.574. The molecule has 0 atom stereocenters. The van der Waals surface area contributed by atoms with E-state index in [9.17, 15) is 4.79 Å². The highest BCUT2D eigenvalue weighted by Gasteiger charge is 2.25. The molecule has 0 saturated carbocycles. The summed E-state index contributed by atoms with van der Waals surface area (Å²) in [6, 6.07) is 8.47. The third-order valence-corrected chi connectivity index (χ3v) is 5.21. The molecule has 0 radical (unpaired) electrons. The summed E-state index contributed by atoms with van der Waals surface area (Å²) in [6.45, 7) is 7.90. The van der Waals surface area contributed by atoms with Crippen molar-refractivity contribution in [2.75, 3.05) is 32.7 Å². The zero-order valence-electron chi connectivity index (χ0n) is 18.2. The lowest BCUT2D eigenvalue weighted by atomic mass is 10.1. The van der Waals surface area contributed by atoms with Crippen LogP contribution in [0.15, 0.2) is 24.3 Å². The Bertz CT molecular complexity index is 843. The van der Waals surface area contributed by atoms with Crippen molar-refractivity contribution in [3.63, 3.8) is 0 Å². The summed E-state index contributed by atoms with van der Waals surface area (Å²) < 4.78 is 0. The zero-order chi connectivity index (χ0) is 23.3. The van der Waals surface area contributed by atoms with Gasteiger partial charge in [-0.2, -0.15) is 5.10 Å². The first-order valence-electron chi connectivity index (χ1n) is 10.3. The Morgan fingerprint density at radius 1 is 1.03 bits per heavy atom. The van der Waals surface area contributed by atoms with Crippen LogP contribution in [0.1, 0.15) is 29.2 Å². The van der Waals surface area contributed by atoms with Crippen molar-refractivity contribution in [3.05, 3.63) is 47.0 Å². The smallest absolute Gasteiger partial charge is 0.290 e. The minimum atomic E-state index is -0.250. The van der Waals surface area contributed by atoms with Crippen LogP contribution in [-0.2, 0) is 34.0 Å². The maximum atomic E-state index is 12.8. The normalized spacial score (nSPS) is 16.0. The lowest BCUT2D eigenvalue weighted by molar-refractivity contribution is -0.132. The van der Waals surface area contributed by atoms with Crippen molar-refractivity contribution in [2.45, 2.75) is 33.0 Å². The fourth-order valence-corrected chi connectivity index (χ4v) is 3.84. The average Bonchev–Trinajstić information content (AvgIpc) is 3.27. The van der Waals surface area contributed by atoms with Gasteiger partial charge in [0.05, 0.1) is 13.1 Å². The van der Waals surface area contributed by atoms with Crippen molar-refractivity contribution >= 4 is 18.9 Å². The molecule has 0 unspecified atom stereocenters. The molecule has 3 heterocycles. The number of benzene rings is 1. The SMILES string of the molecule is Cc1nc(CN2CCCN(C(=O)CN3Cc4ccccc4C3)CC2)n[nH]1.O=CO.O=CO. The molecule has 11 heteroatoms. The van der Waals surface area contributed by atoms with E-state index in [1.807, 2.05) is 11.8 Å². The second-order valence-corrected chi connectivity index (χ2v) is 7.47. The average molecular weight is 447 g/mol. The second kappa shape index (κ2) is 13.2. The highest BCUT2D eigenvalue weighted by Crippen LogP contribution is 2.22. The maximum Gasteiger partial charge on any atom is 0.290 e. The number of aromatic nitrogens is 3. The van der Waals surface area contributed by atoms with Crippen molar-refractivity contribution in [1.29, 1.82) is 0 Å². The van der Waals surface area contributed by atoms with Gasteiger partial charge >= 0.3 is 0 Å². The van der Waals surface area contributed by atoms with Crippen LogP contribution in [-0.4, -0.2) is 91.7 Å². The lowest BCUT2D eigenvalue weighted by Gasteiger charge is -2.24. The van der Waals surface area contributed by atoms with E-state index in [0.29, 0.717) is 6.54 Å². The third-order valence-electron chi connectivity index (χ3n) is 5.21. The van der Waals surface area contributed by atoms with Crippen molar-refractivity contribution in [2.24, 2.45) is 0 Å². The standard InChI is InChI=1S/C19H26N6O.2CH2O2/c1-15-20-18(22-21-15)13-23-7-4-8-25(10-9-23)19(26)14-24-11-16-5-2-3-6-17(16)12-24;2*2-1-3/h2-3,5-6H,4,7-14H2,1H3,(H,20,21,22);2*1H,(H,2,3). The number of carbonyl (C=O) groups is 3. The summed E-state index contributed by atoms with van der Waals surface area (Å²) in [4.78, 5) is 40.5. The molecule has 1 aromatic heterocycles. The molecule has 0 spiro atoms. The van der Waals surface area contributed by atoms with Gasteiger partial charge in [0.2, 0.25) is 5.91 Å². The number of hydrogen-bond donors (Lipinski definition) is 3. The van der Waals surface area contributed by atoms with Crippen molar-refractivity contribution < 1.29 is 24.6 Å². The van der Waals surface area contributed by atoms with E-state index in [2.05, 4.69) is 49.2 Å². The van der Waals surface area contributed by atoms with Gasteiger partial charge in [0.15, 0.2) is 5.82 Å². The van der Waals surface area contributed by atoms with Gasteiger partial charge in [-0.25, -0.2) is 4.98 Å². The molecule has 11 nitrogen and oxygen atoms in total. The number of carbonyl (C=O) groups excluding carboxylic acids is 1. The molecule has 1 saturated heterocycles. The lowest BCUT2D eigenvalue weighted by Crippen LogP contribution is -2.40. The van der Waals surface area contributed by atoms with E-state index in [0.717, 1.165) is 63.9 Å². The van der Waals surface area contributed by atoms with Crippen LogP contribution in [0.5, 0.6) is 0 Å². The largest absolute Gasteiger partial charge is 0.483 e. The van der Waals surface area contributed by atoms with Gasteiger partial charge in [-0.15, -0.1) is 0 Å². The van der Waals surface area contributed by atoms with E-state index >= 15 is 0 Å². The molecule has 1 fully saturated rings. The number of aromatic amines is 1. The van der Waals surface area contributed by atoms with Gasteiger partial charge in [-0.3, -0.25) is 29.3 Å². The molecule has 2 aromatic rings. The first kappa shape index (κ1) is 25.0. The number of nitrogens with zero attached hydrogens (tertiary/aromatic N) is 5. The molecule has 0 aliphatic carbocycles. The Hall–Kier alpha value is -3.31. The predicted octanol–water partition coefficient (Wildman–Crippen LogP) is 0.565. The predicted molar refractivity (Wildman–Crippen MR) is 116 cm³/mol. The van der Waals surface area contributed by atoms with Crippen molar-refractivity contribution in [1.82, 2.24) is 29.9 Å². The summed E-state index contributed by atoms with van der Waals surface area (Å²) in [5, 5.41) is 20.9. The number of hydrogen-bond acceptors (Lipinski definition) is 7. The summed E-state index contributed by atoms with van der Waals surface area (Å²) in [6.07, 6.45) is 0.995. The van der Waals surface area contributed by atoms with Crippen LogP contribution in [0.3, 0.4) is 0 Å². The van der Waals surface area contributed by atoms with Gasteiger partial charge in [-0.05, 0) is 24.5 Å². The molecule has 1 amide bonds. The number of nitrogens with one attached hydrogen (secondary N) is 1. The van der Waals surface area contributed by atoms with E-state index in [4.69, 9.17) is 19.8 Å². The van der Waals surface area contributed by atoms with Crippen LogP contribution in [0, 0.1) is 6.92 Å². The fraction of sp³-hybridized carbons (Fsp3) is 0.476. The highest BCUT2D eigenvalue weighted by atomic mass is 16.3. The Balaban J connectivity index is 0.000000547. The van der Waals surface area contributed by atoms with Gasteiger partial charge in [0, 0.05) is 39.3 Å². The van der Waals surface area contributed by atoms with Gasteiger partial charge in [-0.1, -0.05) is 24.3 Å². The molecule has 0 bridgehead atoms. The summed E-state index contributed by atoms with van der Waals surface area (Å²) in [7, 11) is 0. The van der Waals surface area contributed by atoms with Gasteiger partial charge in [0.1, 0.15) is 5.82 Å². The van der Waals surface area contributed by atoms with E-state index in [1.165, 1.54) is 11.1 Å². The fourth-order valence-electron chi connectivity index (χ4n) is 3.84. The number of amides is 1. The van der Waals surface area contributed by atoms with Crippen LogP contribution < -0.4 is 0 Å². The summed E-state index contributed by atoms with van der Waals surface area (Å²) >= 11 is 0. The van der Waals surface area contributed by atoms with Crippen LogP contribution in [0.4, 0.5) is 0 Å². The highest BCUT2D eigenvalue weighted by molar-refractivity contribution is 5.78. The Morgan fingerprint density at radius 3 is 2.22 bits per heavy atom. The molecule has 32 heavy (non-hydrogen) atoms. The molecule has 174 valence electrons. The number of fused-ring (bicyclic) bond motifs is 1. The van der Waals surface area contributed by atoms with E-state index in [-0.39, 0.29) is 18.9 Å². The first-order chi connectivity index (χ1) is 15.5. The molecule has 2 aliphatic rings. The van der Waals surface area contributed by atoms with Gasteiger partial charge in [0.25, 0.3) is 12.9 Å². The monoisotopic (exact) mass is 446 g/mol. The number of aryl methyl sites for hydroxylation is 1. The summed E-state index contributed by atoms with van der Waals surface area (Å²) in [5.41, 5.74) is 2.70. The minimum absolute atomic E-state index is 0.244.